The number of ketones is 1. The Balaban J connectivity index is 1.25. The van der Waals surface area contributed by atoms with Crippen LogP contribution in [0.2, 0.25) is 0 Å². The zero-order valence-electron chi connectivity index (χ0n) is 29.3. The number of nitrogens with zero attached hydrogens (tertiary/aromatic N) is 2. The average Bonchev–Trinajstić information content (AvgIpc) is 3.93. The third-order valence-corrected chi connectivity index (χ3v) is 12.2. The number of hydrogen-bond donors (Lipinski definition) is 2. The molecular formula is C36H47FN4O9S. The highest BCUT2D eigenvalue weighted by atomic mass is 32.2. The van der Waals surface area contributed by atoms with Gasteiger partial charge in [0.05, 0.1) is 29.8 Å². The number of rotatable bonds is 5. The molecule has 2 saturated carbocycles. The highest BCUT2D eigenvalue weighted by molar-refractivity contribution is 7.90. The maximum absolute atomic E-state index is 14.4. The van der Waals surface area contributed by atoms with Gasteiger partial charge in [0.25, 0.3) is 0 Å². The Bertz CT molecular complexity index is 1720. The average molecular weight is 731 g/mol. The van der Waals surface area contributed by atoms with Crippen molar-refractivity contribution in [3.63, 3.8) is 0 Å². The molecule has 15 heteroatoms. The van der Waals surface area contributed by atoms with Gasteiger partial charge in [0.2, 0.25) is 21.8 Å². The van der Waals surface area contributed by atoms with Crippen LogP contribution in [0.25, 0.3) is 0 Å². The molecule has 13 nitrogen and oxygen atoms in total. The molecule has 0 bridgehead atoms. The summed E-state index contributed by atoms with van der Waals surface area (Å²) in [6.45, 7) is 5.10. The van der Waals surface area contributed by atoms with E-state index in [4.69, 9.17) is 9.47 Å². The first kappa shape index (κ1) is 36.8. The zero-order chi connectivity index (χ0) is 36.7. The maximum Gasteiger partial charge on any atom is 0.410 e. The van der Waals surface area contributed by atoms with Crippen LogP contribution in [0.15, 0.2) is 30.4 Å². The summed E-state index contributed by atoms with van der Waals surface area (Å²) in [7, 11) is -3.88. The smallest absolute Gasteiger partial charge is 0.410 e. The van der Waals surface area contributed by atoms with E-state index in [9.17, 15) is 36.8 Å². The molecule has 1 aromatic carbocycles. The monoisotopic (exact) mass is 730 g/mol. The van der Waals surface area contributed by atoms with Crippen LogP contribution in [-0.4, -0.2) is 83.6 Å². The summed E-state index contributed by atoms with van der Waals surface area (Å²) in [6, 6.07) is 2.46. The van der Waals surface area contributed by atoms with E-state index in [2.05, 4.69) is 10.0 Å². The van der Waals surface area contributed by atoms with Crippen molar-refractivity contribution in [3.05, 3.63) is 47.3 Å². The van der Waals surface area contributed by atoms with Crippen LogP contribution in [0.5, 0.6) is 0 Å². The van der Waals surface area contributed by atoms with Crippen molar-refractivity contribution in [3.8, 4) is 0 Å². The number of Topliss-reactive ketones (excluding diaryl/α,β-unsaturated/α-hetero) is 1. The van der Waals surface area contributed by atoms with Gasteiger partial charge >= 0.3 is 12.2 Å². The summed E-state index contributed by atoms with van der Waals surface area (Å²) in [5.74, 6) is -2.54. The Labute approximate surface area is 297 Å². The van der Waals surface area contributed by atoms with E-state index >= 15 is 0 Å². The normalized spacial score (nSPS) is 29.1. The molecule has 3 aliphatic heterocycles. The molecule has 2 aliphatic carbocycles. The second-order valence-electron chi connectivity index (χ2n) is 15.5. The summed E-state index contributed by atoms with van der Waals surface area (Å²) in [5.41, 5.74) is -1.08. The van der Waals surface area contributed by atoms with Crippen LogP contribution in [0.4, 0.5) is 14.0 Å². The molecule has 1 aromatic rings. The quantitative estimate of drug-likeness (QED) is 0.421. The number of nitrogens with one attached hydrogen (secondary N) is 2. The molecule has 3 fully saturated rings. The molecule has 4 amide bonds. The largest absolute Gasteiger partial charge is 0.444 e. The maximum atomic E-state index is 14.4. The van der Waals surface area contributed by atoms with Gasteiger partial charge in [-0.3, -0.25) is 24.0 Å². The Morgan fingerprint density at radius 2 is 1.80 bits per heavy atom. The third-order valence-electron chi connectivity index (χ3n) is 10.4. The van der Waals surface area contributed by atoms with Crippen LogP contribution in [0, 0.1) is 17.2 Å². The number of halogens is 1. The molecule has 2 N–H and O–H groups in total. The van der Waals surface area contributed by atoms with Gasteiger partial charge in [0.15, 0.2) is 5.78 Å². The molecule has 51 heavy (non-hydrogen) atoms. The van der Waals surface area contributed by atoms with E-state index in [0.29, 0.717) is 36.8 Å². The standard InChI is InChI=1S/C36H47FN4O9S/c1-35(2,3)50-33(45)38-28-13-8-6-4-5-7-11-23-17-36(23,32(44)39-51(47,48)25-14-15-25)18-30(42)29-16-24(20-41(29)31(28)43)49-34(46)40-19-22-10-9-12-27(37)26(22)21-40/h7,9-12,23-25,28-29H,4-6,8,13-21H2,1-3H3,(H,38,45)(H,39,44)/b11-7-/t23?,24-,28+,29+,36-/m1/s1. The van der Waals surface area contributed by atoms with Crippen LogP contribution >= 0.6 is 0 Å². The summed E-state index contributed by atoms with van der Waals surface area (Å²) in [6.07, 6.45) is 5.27. The molecule has 1 saturated heterocycles. The number of carbonyl (C=O) groups excluding carboxylic acids is 5. The number of alkyl carbamates (subject to hydrolysis) is 1. The fraction of sp³-hybridized carbons (Fsp3) is 0.639. The van der Waals surface area contributed by atoms with E-state index in [0.717, 1.165) is 12.8 Å². The molecule has 0 aromatic heterocycles. The second kappa shape index (κ2) is 14.2. The minimum absolute atomic E-state index is 0.0107. The highest BCUT2D eigenvalue weighted by Crippen LogP contribution is 2.57. The lowest BCUT2D eigenvalue weighted by atomic mass is 9.91. The molecule has 278 valence electrons. The first-order chi connectivity index (χ1) is 24.1. The SMILES string of the molecule is CC(C)(C)OC(=O)N[C@H]1CCCCC/C=C\C2C[C@@]2(C(=O)NS(=O)(=O)C2CC2)CC(=O)[C@@H]2C[C@@H](OC(=O)N3Cc4cccc(F)c4C3)CN2C1=O. The minimum atomic E-state index is -3.88. The molecule has 5 atom stereocenters. The van der Waals surface area contributed by atoms with E-state index in [1.807, 2.05) is 12.2 Å². The minimum Gasteiger partial charge on any atom is -0.444 e. The first-order valence-corrected chi connectivity index (χ1v) is 19.4. The molecule has 5 aliphatic rings. The van der Waals surface area contributed by atoms with Crippen molar-refractivity contribution >= 4 is 39.8 Å². The van der Waals surface area contributed by atoms with Gasteiger partial charge in [-0.15, -0.1) is 0 Å². The van der Waals surface area contributed by atoms with Gasteiger partial charge in [-0.25, -0.2) is 22.4 Å². The van der Waals surface area contributed by atoms with Crippen molar-refractivity contribution in [2.24, 2.45) is 11.3 Å². The third kappa shape index (κ3) is 8.39. The van der Waals surface area contributed by atoms with Crippen molar-refractivity contribution in [1.29, 1.82) is 0 Å². The number of hydrogen-bond acceptors (Lipinski definition) is 9. The highest BCUT2D eigenvalue weighted by Gasteiger charge is 2.61. The first-order valence-electron chi connectivity index (χ1n) is 17.8. The number of ether oxygens (including phenoxy) is 2. The summed E-state index contributed by atoms with van der Waals surface area (Å²) in [5, 5.41) is 2.06. The van der Waals surface area contributed by atoms with Gasteiger partial charge in [0, 0.05) is 24.9 Å². The summed E-state index contributed by atoms with van der Waals surface area (Å²) < 4.78 is 53.4. The molecule has 3 heterocycles. The van der Waals surface area contributed by atoms with E-state index in [-0.39, 0.29) is 51.2 Å². The van der Waals surface area contributed by atoms with Gasteiger partial charge < -0.3 is 19.7 Å². The molecule has 0 radical (unpaired) electrons. The van der Waals surface area contributed by atoms with E-state index < -0.39 is 80.1 Å². The summed E-state index contributed by atoms with van der Waals surface area (Å²) >= 11 is 0. The lowest BCUT2D eigenvalue weighted by Gasteiger charge is -2.30. The number of amides is 4. The molecular weight excluding hydrogens is 683 g/mol. The van der Waals surface area contributed by atoms with Crippen molar-refractivity contribution in [2.75, 3.05) is 6.54 Å². The number of fused-ring (bicyclic) bond motifs is 3. The van der Waals surface area contributed by atoms with Gasteiger partial charge in [-0.05, 0) is 76.8 Å². The lowest BCUT2D eigenvalue weighted by molar-refractivity contribution is -0.140. The molecule has 0 spiro atoms. The lowest BCUT2D eigenvalue weighted by Crippen LogP contribution is -2.53. The Hall–Kier alpha value is -4.01. The Morgan fingerprint density at radius 1 is 1.04 bits per heavy atom. The van der Waals surface area contributed by atoms with Crippen LogP contribution in [0.1, 0.15) is 96.1 Å². The Kier molecular flexibility index (Phi) is 10.2. The van der Waals surface area contributed by atoms with Gasteiger partial charge in [-0.2, -0.15) is 0 Å². The predicted molar refractivity (Wildman–Crippen MR) is 182 cm³/mol. The van der Waals surface area contributed by atoms with E-state index in [1.54, 1.807) is 32.9 Å². The van der Waals surface area contributed by atoms with Gasteiger partial charge in [-0.1, -0.05) is 37.1 Å². The molecule has 6 rings (SSSR count). The predicted octanol–water partition coefficient (Wildman–Crippen LogP) is 4.23. The number of sulfonamides is 1. The second-order valence-corrected chi connectivity index (χ2v) is 17.5. The topological polar surface area (TPSA) is 168 Å². The fourth-order valence-electron chi connectivity index (χ4n) is 7.37. The van der Waals surface area contributed by atoms with Crippen LogP contribution in [0.3, 0.4) is 0 Å². The number of benzene rings is 1. The Morgan fingerprint density at radius 3 is 2.51 bits per heavy atom. The van der Waals surface area contributed by atoms with Crippen LogP contribution in [-0.2, 0) is 47.0 Å². The van der Waals surface area contributed by atoms with Gasteiger partial charge in [0.1, 0.15) is 23.6 Å². The summed E-state index contributed by atoms with van der Waals surface area (Å²) in [4.78, 5) is 71.1. The van der Waals surface area contributed by atoms with Crippen molar-refractivity contribution in [1.82, 2.24) is 19.8 Å². The molecule has 1 unspecified atom stereocenters. The van der Waals surface area contributed by atoms with E-state index in [1.165, 1.54) is 15.9 Å². The van der Waals surface area contributed by atoms with Crippen molar-refractivity contribution < 1.29 is 46.3 Å². The fourth-order valence-corrected chi connectivity index (χ4v) is 8.75. The number of allylic oxidation sites excluding steroid dienone is 2. The van der Waals surface area contributed by atoms with Crippen molar-refractivity contribution in [2.45, 2.75) is 127 Å². The van der Waals surface area contributed by atoms with Crippen LogP contribution < -0.4 is 10.0 Å². The number of carbonyl (C=O) groups is 5. The zero-order valence-corrected chi connectivity index (χ0v) is 30.1.